The molecule has 2 aromatic rings. The summed E-state index contributed by atoms with van der Waals surface area (Å²) in [7, 11) is -3.68. The molecule has 2 N–H and O–H groups in total. The number of fused-ring (bicyclic) bond motifs is 1. The molecule has 1 amide bonds. The van der Waals surface area contributed by atoms with Crippen molar-refractivity contribution in [2.24, 2.45) is 0 Å². The number of rotatable bonds is 6. The number of aryl methyl sites for hydroxylation is 1. The summed E-state index contributed by atoms with van der Waals surface area (Å²) in [6.45, 7) is 2.60. The fourth-order valence-corrected chi connectivity index (χ4v) is 3.65. The van der Waals surface area contributed by atoms with Gasteiger partial charge in [-0.3, -0.25) is 9.52 Å². The van der Waals surface area contributed by atoms with E-state index in [1.165, 1.54) is 12.1 Å². The lowest BCUT2D eigenvalue weighted by molar-refractivity contribution is -0.116. The molecule has 25 heavy (non-hydrogen) atoms. The summed E-state index contributed by atoms with van der Waals surface area (Å²) in [5.41, 5.74) is 2.13. The fraction of sp³-hybridized carbons (Fsp3) is 0.278. The van der Waals surface area contributed by atoms with Gasteiger partial charge in [-0.25, -0.2) is 8.42 Å². The highest BCUT2D eigenvalue weighted by atomic mass is 32.2. The molecule has 132 valence electrons. The van der Waals surface area contributed by atoms with E-state index in [9.17, 15) is 13.2 Å². The fourth-order valence-electron chi connectivity index (χ4n) is 2.60. The molecule has 0 fully saturated rings. The van der Waals surface area contributed by atoms with E-state index < -0.39 is 10.0 Å². The molecule has 1 aliphatic rings. The van der Waals surface area contributed by atoms with Crippen LogP contribution in [0.5, 0.6) is 5.75 Å². The van der Waals surface area contributed by atoms with Crippen molar-refractivity contribution in [3.05, 3.63) is 48.0 Å². The van der Waals surface area contributed by atoms with Crippen LogP contribution in [0.15, 0.2) is 47.4 Å². The average Bonchev–Trinajstić information content (AvgIpc) is 2.60. The predicted octanol–water partition coefficient (Wildman–Crippen LogP) is 3.16. The van der Waals surface area contributed by atoms with Crippen LogP contribution in [-0.2, 0) is 21.2 Å². The van der Waals surface area contributed by atoms with Gasteiger partial charge < -0.3 is 10.1 Å². The minimum absolute atomic E-state index is 0.0220. The maximum absolute atomic E-state index is 12.5. The zero-order valence-corrected chi connectivity index (χ0v) is 14.7. The van der Waals surface area contributed by atoms with Gasteiger partial charge in [-0.15, -0.1) is 0 Å². The van der Waals surface area contributed by atoms with Crippen molar-refractivity contribution in [2.45, 2.75) is 31.1 Å². The molecule has 0 saturated carbocycles. The van der Waals surface area contributed by atoms with E-state index in [1.807, 2.05) is 6.92 Å². The maximum atomic E-state index is 12.5. The highest BCUT2D eigenvalue weighted by molar-refractivity contribution is 7.92. The molecule has 0 radical (unpaired) electrons. The van der Waals surface area contributed by atoms with Crippen molar-refractivity contribution in [2.75, 3.05) is 16.6 Å². The Morgan fingerprint density at radius 3 is 2.60 bits per heavy atom. The Bertz CT molecular complexity index is 876. The third-order valence-electron chi connectivity index (χ3n) is 3.86. The number of carbonyl (C=O) groups excluding carboxylic acids is 1. The highest BCUT2D eigenvalue weighted by Crippen LogP contribution is 2.27. The molecule has 6 nitrogen and oxygen atoms in total. The molecule has 0 unspecified atom stereocenters. The SMILES string of the molecule is CCCOc1ccc(S(=O)(=O)Nc2ccc3c(c2)CCC(=O)N3)cc1. The predicted molar refractivity (Wildman–Crippen MR) is 96.4 cm³/mol. The van der Waals surface area contributed by atoms with Crippen LogP contribution < -0.4 is 14.8 Å². The maximum Gasteiger partial charge on any atom is 0.261 e. The number of anilines is 2. The van der Waals surface area contributed by atoms with Crippen molar-refractivity contribution in [3.63, 3.8) is 0 Å². The number of ether oxygens (including phenoxy) is 1. The van der Waals surface area contributed by atoms with Crippen molar-refractivity contribution in [1.29, 1.82) is 0 Å². The molecule has 0 spiro atoms. The number of sulfonamides is 1. The van der Waals surface area contributed by atoms with Crippen molar-refractivity contribution < 1.29 is 17.9 Å². The third kappa shape index (κ3) is 4.11. The molecule has 1 aliphatic heterocycles. The molecule has 0 atom stereocenters. The average molecular weight is 360 g/mol. The van der Waals surface area contributed by atoms with Crippen LogP contribution in [0, 0.1) is 0 Å². The van der Waals surface area contributed by atoms with Gasteiger partial charge in [-0.2, -0.15) is 0 Å². The molecular formula is C18H20N2O4S. The van der Waals surface area contributed by atoms with Gasteiger partial charge in [0.25, 0.3) is 10.0 Å². The number of carbonyl (C=O) groups is 1. The second-order valence-electron chi connectivity index (χ2n) is 5.85. The normalized spacial score (nSPS) is 13.7. The van der Waals surface area contributed by atoms with E-state index in [0.717, 1.165) is 17.7 Å². The van der Waals surface area contributed by atoms with E-state index in [4.69, 9.17) is 4.74 Å². The summed E-state index contributed by atoms with van der Waals surface area (Å²) in [5, 5.41) is 2.77. The van der Waals surface area contributed by atoms with Gasteiger partial charge in [-0.05, 0) is 60.9 Å². The topological polar surface area (TPSA) is 84.5 Å². The zero-order valence-electron chi connectivity index (χ0n) is 13.9. The minimum Gasteiger partial charge on any atom is -0.494 e. The molecule has 0 bridgehead atoms. The number of nitrogens with one attached hydrogen (secondary N) is 2. The van der Waals surface area contributed by atoms with Crippen LogP contribution in [0.4, 0.5) is 11.4 Å². The summed E-state index contributed by atoms with van der Waals surface area (Å²) in [6, 6.07) is 11.4. The summed E-state index contributed by atoms with van der Waals surface area (Å²) in [5.74, 6) is 0.622. The first-order valence-electron chi connectivity index (χ1n) is 8.16. The van der Waals surface area contributed by atoms with E-state index in [1.54, 1.807) is 30.3 Å². The largest absolute Gasteiger partial charge is 0.494 e. The lowest BCUT2D eigenvalue weighted by atomic mass is 10.0. The second-order valence-corrected chi connectivity index (χ2v) is 7.53. The number of benzene rings is 2. The van der Waals surface area contributed by atoms with Crippen LogP contribution in [0.25, 0.3) is 0 Å². The summed E-state index contributed by atoms with van der Waals surface area (Å²) >= 11 is 0. The highest BCUT2D eigenvalue weighted by Gasteiger charge is 2.18. The van der Waals surface area contributed by atoms with Crippen LogP contribution >= 0.6 is 0 Å². The number of hydrogen-bond acceptors (Lipinski definition) is 4. The van der Waals surface area contributed by atoms with Gasteiger partial charge in [0, 0.05) is 17.8 Å². The number of hydrogen-bond donors (Lipinski definition) is 2. The van der Waals surface area contributed by atoms with Gasteiger partial charge in [0.05, 0.1) is 11.5 Å². The first kappa shape index (κ1) is 17.3. The first-order valence-corrected chi connectivity index (χ1v) is 9.65. The lowest BCUT2D eigenvalue weighted by Crippen LogP contribution is -2.19. The molecule has 1 heterocycles. The van der Waals surface area contributed by atoms with E-state index in [-0.39, 0.29) is 10.8 Å². The summed E-state index contributed by atoms with van der Waals surface area (Å²) < 4.78 is 33.1. The molecular weight excluding hydrogens is 340 g/mol. The molecule has 3 rings (SSSR count). The lowest BCUT2D eigenvalue weighted by Gasteiger charge is -2.18. The smallest absolute Gasteiger partial charge is 0.261 e. The van der Waals surface area contributed by atoms with Crippen molar-refractivity contribution in [3.8, 4) is 5.75 Å². The minimum atomic E-state index is -3.68. The molecule has 2 aromatic carbocycles. The molecule has 0 saturated heterocycles. The zero-order chi connectivity index (χ0) is 17.9. The van der Waals surface area contributed by atoms with Gasteiger partial charge >= 0.3 is 0 Å². The Kier molecular flexibility index (Phi) is 4.94. The Labute approximate surface area is 147 Å². The van der Waals surface area contributed by atoms with Crippen LogP contribution in [-0.4, -0.2) is 20.9 Å². The summed E-state index contributed by atoms with van der Waals surface area (Å²) in [4.78, 5) is 11.6. The van der Waals surface area contributed by atoms with Crippen molar-refractivity contribution in [1.82, 2.24) is 0 Å². The third-order valence-corrected chi connectivity index (χ3v) is 5.26. The van der Waals surface area contributed by atoms with Crippen LogP contribution in [0.3, 0.4) is 0 Å². The van der Waals surface area contributed by atoms with Gasteiger partial charge in [0.15, 0.2) is 0 Å². The summed E-state index contributed by atoms with van der Waals surface area (Å²) in [6.07, 6.45) is 1.89. The van der Waals surface area contributed by atoms with E-state index in [2.05, 4.69) is 10.0 Å². The standard InChI is InChI=1S/C18H20N2O4S/c1-2-11-24-15-5-7-16(8-6-15)25(22,23)20-14-4-9-17-13(12-14)3-10-18(21)19-17/h4-9,12,20H,2-3,10-11H2,1H3,(H,19,21). The molecule has 0 aliphatic carbocycles. The Morgan fingerprint density at radius 1 is 1.12 bits per heavy atom. The Balaban J connectivity index is 1.76. The quantitative estimate of drug-likeness (QED) is 0.829. The van der Waals surface area contributed by atoms with Crippen molar-refractivity contribution >= 4 is 27.3 Å². The first-order chi connectivity index (χ1) is 12.0. The van der Waals surface area contributed by atoms with E-state index >= 15 is 0 Å². The van der Waals surface area contributed by atoms with Gasteiger partial charge in [0.1, 0.15) is 5.75 Å². The van der Waals surface area contributed by atoms with Crippen LogP contribution in [0.2, 0.25) is 0 Å². The Hall–Kier alpha value is -2.54. The second kappa shape index (κ2) is 7.14. The van der Waals surface area contributed by atoms with E-state index in [0.29, 0.717) is 30.9 Å². The monoisotopic (exact) mass is 360 g/mol. The van der Waals surface area contributed by atoms with Crippen LogP contribution in [0.1, 0.15) is 25.3 Å². The number of amides is 1. The molecule has 7 heteroatoms. The molecule has 0 aromatic heterocycles. The Morgan fingerprint density at radius 2 is 1.88 bits per heavy atom. The van der Waals surface area contributed by atoms with Gasteiger partial charge in [0.2, 0.25) is 5.91 Å². The van der Waals surface area contributed by atoms with Gasteiger partial charge in [-0.1, -0.05) is 6.92 Å².